The molecular weight excluding hydrogens is 304 g/mol. The number of nitrogens with zero attached hydrogens (tertiary/aromatic N) is 5. The lowest BCUT2D eigenvalue weighted by Crippen LogP contribution is -2.33. The van der Waals surface area contributed by atoms with Gasteiger partial charge in [0.1, 0.15) is 18.0 Å². The summed E-state index contributed by atoms with van der Waals surface area (Å²) in [7, 11) is 3.92. The summed E-state index contributed by atoms with van der Waals surface area (Å²) >= 11 is 0. The van der Waals surface area contributed by atoms with Crippen molar-refractivity contribution in [2.75, 3.05) is 24.3 Å². The predicted molar refractivity (Wildman–Crippen MR) is 94.5 cm³/mol. The second-order valence-corrected chi connectivity index (χ2v) is 6.56. The Morgan fingerprint density at radius 1 is 1.17 bits per heavy atom. The zero-order valence-corrected chi connectivity index (χ0v) is 14.4. The molecule has 128 valence electrons. The first-order chi connectivity index (χ1) is 11.5. The number of aromatic nitrogens is 4. The van der Waals surface area contributed by atoms with Gasteiger partial charge < -0.3 is 10.2 Å². The predicted octanol–water partition coefficient (Wildman–Crippen LogP) is 2.00. The molecule has 0 bridgehead atoms. The molecule has 0 unspecified atom stereocenters. The third-order valence-electron chi connectivity index (χ3n) is 4.46. The van der Waals surface area contributed by atoms with Gasteiger partial charge in [-0.1, -0.05) is 0 Å². The van der Waals surface area contributed by atoms with Crippen molar-refractivity contribution in [2.24, 2.45) is 0 Å². The van der Waals surface area contributed by atoms with E-state index in [4.69, 9.17) is 0 Å². The fourth-order valence-electron chi connectivity index (χ4n) is 3.13. The van der Waals surface area contributed by atoms with Crippen LogP contribution in [0.5, 0.6) is 0 Å². The Kier molecular flexibility index (Phi) is 4.78. The average Bonchev–Trinajstić information content (AvgIpc) is 2.58. The second kappa shape index (κ2) is 6.98. The van der Waals surface area contributed by atoms with Gasteiger partial charge in [-0.05, 0) is 38.7 Å². The maximum absolute atomic E-state index is 12.0. The summed E-state index contributed by atoms with van der Waals surface area (Å²) in [5.41, 5.74) is 0.871. The number of aryl methyl sites for hydroxylation is 1. The summed E-state index contributed by atoms with van der Waals surface area (Å²) in [6.07, 6.45) is 5.46. The third kappa shape index (κ3) is 3.72. The first kappa shape index (κ1) is 16.4. The van der Waals surface area contributed by atoms with Crippen molar-refractivity contribution in [1.29, 1.82) is 0 Å². The van der Waals surface area contributed by atoms with E-state index in [-0.39, 0.29) is 11.6 Å². The van der Waals surface area contributed by atoms with E-state index >= 15 is 0 Å². The van der Waals surface area contributed by atoms with Crippen LogP contribution >= 0.6 is 0 Å². The highest BCUT2D eigenvalue weighted by Gasteiger charge is 2.24. The van der Waals surface area contributed by atoms with Crippen LogP contribution in [0.2, 0.25) is 0 Å². The third-order valence-corrected chi connectivity index (χ3v) is 4.46. The van der Waals surface area contributed by atoms with Crippen LogP contribution in [0.3, 0.4) is 0 Å². The van der Waals surface area contributed by atoms with Crippen molar-refractivity contribution in [3.05, 3.63) is 40.6 Å². The van der Waals surface area contributed by atoms with Crippen LogP contribution in [0.4, 0.5) is 11.6 Å². The summed E-state index contributed by atoms with van der Waals surface area (Å²) in [4.78, 5) is 22.5. The summed E-state index contributed by atoms with van der Waals surface area (Å²) < 4.78 is 1.65. The fourth-order valence-corrected chi connectivity index (χ4v) is 3.13. The van der Waals surface area contributed by atoms with Crippen LogP contribution in [0.1, 0.15) is 37.4 Å². The Labute approximate surface area is 141 Å². The quantitative estimate of drug-likeness (QED) is 0.925. The molecule has 1 saturated carbocycles. The van der Waals surface area contributed by atoms with Gasteiger partial charge in [-0.25, -0.2) is 14.6 Å². The van der Waals surface area contributed by atoms with Crippen molar-refractivity contribution in [3.8, 4) is 0 Å². The molecule has 0 atom stereocenters. The minimum absolute atomic E-state index is 0.0107. The van der Waals surface area contributed by atoms with Crippen LogP contribution < -0.4 is 15.8 Å². The highest BCUT2D eigenvalue weighted by molar-refractivity contribution is 5.47. The molecule has 0 spiro atoms. The van der Waals surface area contributed by atoms with E-state index in [9.17, 15) is 4.79 Å². The van der Waals surface area contributed by atoms with Crippen LogP contribution in [0.15, 0.2) is 29.3 Å². The molecule has 1 N–H and O–H groups in total. The van der Waals surface area contributed by atoms with E-state index < -0.39 is 0 Å². The van der Waals surface area contributed by atoms with Crippen molar-refractivity contribution < 1.29 is 0 Å². The monoisotopic (exact) mass is 328 g/mol. The lowest BCUT2D eigenvalue weighted by Gasteiger charge is -2.30. The van der Waals surface area contributed by atoms with Crippen LogP contribution in [-0.4, -0.2) is 39.9 Å². The lowest BCUT2D eigenvalue weighted by atomic mass is 9.91. The first-order valence-electron chi connectivity index (χ1n) is 8.35. The van der Waals surface area contributed by atoms with Crippen LogP contribution in [0, 0.1) is 6.92 Å². The molecule has 1 aliphatic carbocycles. The van der Waals surface area contributed by atoms with Gasteiger partial charge in [-0.3, -0.25) is 4.79 Å². The molecule has 7 nitrogen and oxygen atoms in total. The number of nitrogens with one attached hydrogen (secondary N) is 1. The van der Waals surface area contributed by atoms with Gasteiger partial charge in [0.2, 0.25) is 0 Å². The summed E-state index contributed by atoms with van der Waals surface area (Å²) in [5.74, 6) is 1.74. The molecule has 2 aromatic rings. The van der Waals surface area contributed by atoms with E-state index in [1.165, 1.54) is 0 Å². The molecule has 2 aromatic heterocycles. The number of anilines is 2. The van der Waals surface area contributed by atoms with Gasteiger partial charge in [0.15, 0.2) is 0 Å². The van der Waals surface area contributed by atoms with Crippen LogP contribution in [-0.2, 0) is 0 Å². The minimum Gasteiger partial charge on any atom is -0.367 e. The molecule has 3 rings (SSSR count). The first-order valence-corrected chi connectivity index (χ1v) is 8.35. The van der Waals surface area contributed by atoms with Crippen molar-refractivity contribution in [3.63, 3.8) is 0 Å². The highest BCUT2D eigenvalue weighted by Crippen LogP contribution is 2.28. The molecule has 0 radical (unpaired) electrons. The van der Waals surface area contributed by atoms with E-state index in [1.807, 2.05) is 32.0 Å². The van der Waals surface area contributed by atoms with Gasteiger partial charge >= 0.3 is 0 Å². The maximum atomic E-state index is 12.0. The molecule has 0 amide bonds. The number of rotatable bonds is 4. The molecule has 0 aliphatic heterocycles. The molecule has 2 heterocycles. The summed E-state index contributed by atoms with van der Waals surface area (Å²) in [5, 5.41) is 7.88. The maximum Gasteiger partial charge on any atom is 0.267 e. The fraction of sp³-hybridized carbons (Fsp3) is 0.529. The van der Waals surface area contributed by atoms with Gasteiger partial charge in [0.05, 0.1) is 11.7 Å². The molecular formula is C17H24N6O. The van der Waals surface area contributed by atoms with Crippen molar-refractivity contribution in [1.82, 2.24) is 19.7 Å². The largest absolute Gasteiger partial charge is 0.367 e. The number of hydrogen-bond donors (Lipinski definition) is 1. The smallest absolute Gasteiger partial charge is 0.267 e. The molecule has 7 heteroatoms. The van der Waals surface area contributed by atoms with Crippen molar-refractivity contribution in [2.45, 2.75) is 44.7 Å². The van der Waals surface area contributed by atoms with E-state index in [0.717, 1.165) is 43.0 Å². The van der Waals surface area contributed by atoms with Crippen molar-refractivity contribution >= 4 is 11.6 Å². The number of hydrogen-bond acceptors (Lipinski definition) is 6. The van der Waals surface area contributed by atoms with Crippen LogP contribution in [0.25, 0.3) is 0 Å². The summed E-state index contributed by atoms with van der Waals surface area (Å²) in [6.45, 7) is 1.92. The van der Waals surface area contributed by atoms with Gasteiger partial charge in [-0.2, -0.15) is 5.10 Å². The molecule has 0 saturated heterocycles. The Morgan fingerprint density at radius 3 is 2.62 bits per heavy atom. The standard InChI is InChI=1S/C17H24N6O/c1-12-4-9-17(24)23(21-12)14-7-5-13(6-8-14)20-15-10-16(22(2)3)19-11-18-15/h4,9-11,13-14H,5-8H2,1-3H3,(H,18,19,20). The van der Waals surface area contributed by atoms with E-state index in [2.05, 4.69) is 20.4 Å². The lowest BCUT2D eigenvalue weighted by molar-refractivity contribution is 0.302. The molecule has 0 aromatic carbocycles. The second-order valence-electron chi connectivity index (χ2n) is 6.56. The Morgan fingerprint density at radius 2 is 1.92 bits per heavy atom. The van der Waals surface area contributed by atoms with Gasteiger partial charge in [-0.15, -0.1) is 0 Å². The summed E-state index contributed by atoms with van der Waals surface area (Å²) in [6, 6.07) is 5.89. The zero-order chi connectivity index (χ0) is 17.1. The zero-order valence-electron chi connectivity index (χ0n) is 14.4. The Bertz CT molecular complexity index is 749. The molecule has 1 aliphatic rings. The Balaban J connectivity index is 1.62. The Hall–Kier alpha value is -2.44. The van der Waals surface area contributed by atoms with E-state index in [1.54, 1.807) is 23.1 Å². The topological polar surface area (TPSA) is 75.9 Å². The minimum atomic E-state index is -0.0107. The highest BCUT2D eigenvalue weighted by atomic mass is 16.1. The normalized spacial score (nSPS) is 20.6. The molecule has 1 fully saturated rings. The van der Waals surface area contributed by atoms with E-state index in [0.29, 0.717) is 6.04 Å². The SMILES string of the molecule is Cc1ccc(=O)n(C2CCC(Nc3cc(N(C)C)ncn3)CC2)n1. The van der Waals surface area contributed by atoms with Gasteiger partial charge in [0.25, 0.3) is 5.56 Å². The van der Waals surface area contributed by atoms with Gasteiger partial charge in [0, 0.05) is 32.3 Å². The molecule has 24 heavy (non-hydrogen) atoms. The average molecular weight is 328 g/mol.